The fourth-order valence-corrected chi connectivity index (χ4v) is 3.08. The van der Waals surface area contributed by atoms with Gasteiger partial charge in [-0.05, 0) is 36.4 Å². The number of nitrogens with zero attached hydrogens (tertiary/aromatic N) is 1. The van der Waals surface area contributed by atoms with Crippen molar-refractivity contribution in [2.45, 2.75) is 10.6 Å². The third kappa shape index (κ3) is 3.16. The number of nitrogen functional groups attached to an aromatic ring is 1. The Kier molecular flexibility index (Phi) is 4.38. The number of halogens is 2. The summed E-state index contributed by atoms with van der Waals surface area (Å²) in [5, 5.41) is 9.24. The molecule has 1 unspecified atom stereocenters. The quantitative estimate of drug-likeness (QED) is 0.885. The fraction of sp³-hybridized carbons (Fsp3) is 0.0714. The second-order valence-corrected chi connectivity index (χ2v) is 5.95. The van der Waals surface area contributed by atoms with Crippen LogP contribution in [0.5, 0.6) is 0 Å². The Morgan fingerprint density at radius 2 is 2.05 bits per heavy atom. The van der Waals surface area contributed by atoms with Gasteiger partial charge in [-0.2, -0.15) is 5.26 Å². The summed E-state index contributed by atoms with van der Waals surface area (Å²) in [5.41, 5.74) is 6.59. The van der Waals surface area contributed by atoms with Gasteiger partial charge in [0.25, 0.3) is 0 Å². The highest BCUT2D eigenvalue weighted by atomic mass is 35.5. The number of nitrogens with two attached hydrogens (primary N) is 1. The molecule has 0 radical (unpaired) electrons. The summed E-state index contributed by atoms with van der Waals surface area (Å²) in [7, 11) is -1.51. The molecule has 1 atom stereocenters. The molecule has 3 nitrogen and oxygen atoms in total. The van der Waals surface area contributed by atoms with Crippen LogP contribution >= 0.6 is 11.6 Å². The number of rotatable bonds is 3. The molecular formula is C14H10ClFN2OS. The van der Waals surface area contributed by atoms with E-state index >= 15 is 0 Å². The van der Waals surface area contributed by atoms with E-state index in [4.69, 9.17) is 22.6 Å². The third-order valence-corrected chi connectivity index (χ3v) is 4.35. The first kappa shape index (κ1) is 14.5. The second kappa shape index (κ2) is 6.04. The smallest absolute Gasteiger partial charge is 0.127 e. The lowest BCUT2D eigenvalue weighted by Crippen LogP contribution is -2.03. The summed E-state index contributed by atoms with van der Waals surface area (Å²) in [4.78, 5) is 0.399. The Hall–Kier alpha value is -1.90. The van der Waals surface area contributed by atoms with Gasteiger partial charge in [-0.1, -0.05) is 11.6 Å². The highest BCUT2D eigenvalue weighted by molar-refractivity contribution is 7.84. The summed E-state index contributed by atoms with van der Waals surface area (Å²) in [6.45, 7) is 0. The van der Waals surface area contributed by atoms with E-state index in [0.717, 1.165) is 0 Å². The molecule has 0 saturated heterocycles. The maximum absolute atomic E-state index is 13.7. The van der Waals surface area contributed by atoms with Gasteiger partial charge in [0.1, 0.15) is 5.82 Å². The van der Waals surface area contributed by atoms with E-state index in [0.29, 0.717) is 21.2 Å². The molecule has 102 valence electrons. The average molecular weight is 309 g/mol. The normalized spacial score (nSPS) is 11.8. The lowest BCUT2D eigenvalue weighted by atomic mass is 10.1. The first-order valence-corrected chi connectivity index (χ1v) is 7.33. The molecule has 0 saturated carbocycles. The monoisotopic (exact) mass is 308 g/mol. The van der Waals surface area contributed by atoms with Gasteiger partial charge in [0.15, 0.2) is 0 Å². The molecule has 2 N–H and O–H groups in total. The van der Waals surface area contributed by atoms with Gasteiger partial charge in [-0.3, -0.25) is 4.21 Å². The van der Waals surface area contributed by atoms with Crippen LogP contribution in [-0.4, -0.2) is 4.21 Å². The van der Waals surface area contributed by atoms with Gasteiger partial charge in [0.2, 0.25) is 0 Å². The highest BCUT2D eigenvalue weighted by Gasteiger charge is 2.12. The number of benzene rings is 2. The van der Waals surface area contributed by atoms with Crippen LogP contribution in [-0.2, 0) is 16.6 Å². The Balaban J connectivity index is 2.30. The number of hydrogen-bond acceptors (Lipinski definition) is 3. The van der Waals surface area contributed by atoms with Crippen molar-refractivity contribution in [3.63, 3.8) is 0 Å². The summed E-state index contributed by atoms with van der Waals surface area (Å²) >= 11 is 5.77. The van der Waals surface area contributed by atoms with Gasteiger partial charge >= 0.3 is 0 Å². The van der Waals surface area contributed by atoms with Crippen molar-refractivity contribution in [2.75, 3.05) is 5.73 Å². The first-order chi connectivity index (χ1) is 9.51. The zero-order valence-electron chi connectivity index (χ0n) is 10.3. The molecule has 2 aromatic rings. The lowest BCUT2D eigenvalue weighted by Gasteiger charge is -2.07. The standard InChI is InChI=1S/C14H10ClFN2OS/c15-11-2-4-14(13(18)6-11)20(19)8-10-5-9(7-17)1-3-12(10)16/h1-6H,8,18H2. The molecule has 2 aromatic carbocycles. The maximum atomic E-state index is 13.7. The molecular weight excluding hydrogens is 299 g/mol. The van der Waals surface area contributed by atoms with Crippen molar-refractivity contribution in [2.24, 2.45) is 0 Å². The minimum atomic E-state index is -1.51. The van der Waals surface area contributed by atoms with Crippen LogP contribution < -0.4 is 5.73 Å². The molecule has 0 aromatic heterocycles. The fourth-order valence-electron chi connectivity index (χ4n) is 1.70. The van der Waals surface area contributed by atoms with Crippen LogP contribution in [0.1, 0.15) is 11.1 Å². The van der Waals surface area contributed by atoms with E-state index in [1.807, 2.05) is 6.07 Å². The van der Waals surface area contributed by atoms with Crippen molar-refractivity contribution >= 4 is 28.1 Å². The highest BCUT2D eigenvalue weighted by Crippen LogP contribution is 2.24. The van der Waals surface area contributed by atoms with E-state index in [2.05, 4.69) is 0 Å². The molecule has 20 heavy (non-hydrogen) atoms. The molecule has 0 aliphatic heterocycles. The zero-order valence-corrected chi connectivity index (χ0v) is 11.8. The molecule has 0 aliphatic carbocycles. The largest absolute Gasteiger partial charge is 0.398 e. The van der Waals surface area contributed by atoms with Crippen LogP contribution in [0, 0.1) is 17.1 Å². The lowest BCUT2D eigenvalue weighted by molar-refractivity contribution is 0.615. The summed E-state index contributed by atoms with van der Waals surface area (Å²) in [6.07, 6.45) is 0. The SMILES string of the molecule is N#Cc1ccc(F)c(CS(=O)c2ccc(Cl)cc2N)c1. The summed E-state index contributed by atoms with van der Waals surface area (Å²) in [5.74, 6) is -0.544. The van der Waals surface area contributed by atoms with Gasteiger partial charge in [0.05, 0.1) is 33.1 Å². The Morgan fingerprint density at radius 1 is 1.30 bits per heavy atom. The molecule has 0 amide bonds. The topological polar surface area (TPSA) is 66.9 Å². The third-order valence-electron chi connectivity index (χ3n) is 2.68. The molecule has 6 heteroatoms. The molecule has 2 rings (SSSR count). The van der Waals surface area contributed by atoms with Crippen molar-refractivity contribution in [3.05, 3.63) is 58.4 Å². The van der Waals surface area contributed by atoms with Crippen molar-refractivity contribution < 1.29 is 8.60 Å². The Labute approximate surface area is 123 Å². The van der Waals surface area contributed by atoms with Crippen molar-refractivity contribution in [3.8, 4) is 6.07 Å². The van der Waals surface area contributed by atoms with Crippen molar-refractivity contribution in [1.82, 2.24) is 0 Å². The van der Waals surface area contributed by atoms with E-state index in [9.17, 15) is 8.60 Å². The minimum absolute atomic E-state index is 0.0484. The van der Waals surface area contributed by atoms with Gasteiger partial charge in [-0.25, -0.2) is 4.39 Å². The van der Waals surface area contributed by atoms with Gasteiger partial charge in [0, 0.05) is 16.3 Å². The number of anilines is 1. The maximum Gasteiger partial charge on any atom is 0.127 e. The summed E-state index contributed by atoms with van der Waals surface area (Å²) < 4.78 is 25.9. The molecule has 0 fully saturated rings. The van der Waals surface area contributed by atoms with Crippen LogP contribution in [0.4, 0.5) is 10.1 Å². The Bertz CT molecular complexity index is 728. The number of nitriles is 1. The molecule has 0 aliphatic rings. The van der Waals surface area contributed by atoms with Gasteiger partial charge < -0.3 is 5.73 Å². The predicted octanol–water partition coefficient (Wildman–Crippen LogP) is 3.24. The molecule has 0 bridgehead atoms. The van der Waals surface area contributed by atoms with E-state index < -0.39 is 16.6 Å². The van der Waals surface area contributed by atoms with Crippen LogP contribution in [0.15, 0.2) is 41.3 Å². The first-order valence-electron chi connectivity index (χ1n) is 5.63. The minimum Gasteiger partial charge on any atom is -0.398 e. The predicted molar refractivity (Wildman–Crippen MR) is 77.1 cm³/mol. The molecule has 0 heterocycles. The Morgan fingerprint density at radius 3 is 2.70 bits per heavy atom. The zero-order chi connectivity index (χ0) is 14.7. The number of hydrogen-bond donors (Lipinski definition) is 1. The second-order valence-electron chi connectivity index (χ2n) is 4.09. The van der Waals surface area contributed by atoms with Crippen molar-refractivity contribution in [1.29, 1.82) is 5.26 Å². The van der Waals surface area contributed by atoms with Crippen LogP contribution in [0.2, 0.25) is 5.02 Å². The van der Waals surface area contributed by atoms with Gasteiger partial charge in [-0.15, -0.1) is 0 Å². The average Bonchev–Trinajstić information content (AvgIpc) is 2.41. The van der Waals surface area contributed by atoms with Crippen LogP contribution in [0.3, 0.4) is 0 Å². The van der Waals surface area contributed by atoms with E-state index in [1.54, 1.807) is 12.1 Å². The summed E-state index contributed by atoms with van der Waals surface area (Å²) in [6, 6.07) is 10.5. The van der Waals surface area contributed by atoms with Crippen LogP contribution in [0.25, 0.3) is 0 Å². The van der Waals surface area contributed by atoms with E-state index in [-0.39, 0.29) is 11.3 Å². The molecule has 0 spiro atoms. The van der Waals surface area contributed by atoms with E-state index in [1.165, 1.54) is 24.3 Å².